The third kappa shape index (κ3) is 3.35. The highest BCUT2D eigenvalue weighted by atomic mass is 35.5. The van der Waals surface area contributed by atoms with Gasteiger partial charge in [-0.2, -0.15) is 0 Å². The van der Waals surface area contributed by atoms with Crippen molar-refractivity contribution in [1.29, 1.82) is 0 Å². The summed E-state index contributed by atoms with van der Waals surface area (Å²) < 4.78 is 5.06. The normalized spacial score (nSPS) is 29.6. The second-order valence-electron chi connectivity index (χ2n) is 7.57. The van der Waals surface area contributed by atoms with E-state index in [2.05, 4.69) is 0 Å². The predicted octanol–water partition coefficient (Wildman–Crippen LogP) is 3.28. The lowest BCUT2D eigenvalue weighted by Crippen LogP contribution is -2.47. The van der Waals surface area contributed by atoms with Crippen LogP contribution in [0.15, 0.2) is 24.3 Å². The summed E-state index contributed by atoms with van der Waals surface area (Å²) in [7, 11) is 3.30. The van der Waals surface area contributed by atoms with E-state index in [4.69, 9.17) is 16.3 Å². The molecule has 6 heteroatoms. The zero-order chi connectivity index (χ0) is 18.9. The maximum atomic E-state index is 13.3. The van der Waals surface area contributed by atoms with Crippen molar-refractivity contribution in [2.24, 2.45) is 5.92 Å². The number of rotatable bonds is 3. The van der Waals surface area contributed by atoms with Crippen LogP contribution in [0.25, 0.3) is 0 Å². The van der Waals surface area contributed by atoms with Gasteiger partial charge in [0.15, 0.2) is 0 Å². The summed E-state index contributed by atoms with van der Waals surface area (Å²) in [6, 6.07) is 7.39. The second kappa shape index (κ2) is 7.57. The fourth-order valence-corrected chi connectivity index (χ4v) is 4.52. The number of likely N-dealkylation sites (N-methyl/N-ethyl adjacent to an activating group) is 1. The fourth-order valence-electron chi connectivity index (χ4n) is 4.39. The standard InChI is InChI=1S/C20H27ClN2O3/c1-20(19(25)26-3)13-16(18(24)23-11-5-4-6-12-23)17(22(20)2)14-7-9-15(21)10-8-14/h7-10,16-17H,4-6,11-13H2,1-3H3/t16-,17-,20-/m1/s1. The molecule has 2 aliphatic heterocycles. The average molecular weight is 379 g/mol. The van der Waals surface area contributed by atoms with Gasteiger partial charge in [-0.25, -0.2) is 0 Å². The molecule has 0 aliphatic carbocycles. The number of amides is 1. The minimum atomic E-state index is -0.824. The molecule has 0 N–H and O–H groups in total. The van der Waals surface area contributed by atoms with Gasteiger partial charge in [0.25, 0.3) is 0 Å². The molecule has 26 heavy (non-hydrogen) atoms. The maximum absolute atomic E-state index is 13.3. The number of hydrogen-bond donors (Lipinski definition) is 0. The Morgan fingerprint density at radius 3 is 2.35 bits per heavy atom. The number of esters is 1. The van der Waals surface area contributed by atoms with Crippen molar-refractivity contribution < 1.29 is 14.3 Å². The van der Waals surface area contributed by atoms with E-state index in [1.165, 1.54) is 13.5 Å². The van der Waals surface area contributed by atoms with Crippen LogP contribution in [-0.2, 0) is 14.3 Å². The number of benzene rings is 1. The van der Waals surface area contributed by atoms with Crippen molar-refractivity contribution in [3.05, 3.63) is 34.9 Å². The van der Waals surface area contributed by atoms with E-state index in [0.29, 0.717) is 11.4 Å². The lowest BCUT2D eigenvalue weighted by Gasteiger charge is -2.34. The third-order valence-electron chi connectivity index (χ3n) is 6.02. The molecule has 0 spiro atoms. The van der Waals surface area contributed by atoms with Crippen LogP contribution in [0, 0.1) is 5.92 Å². The summed E-state index contributed by atoms with van der Waals surface area (Å²) in [6.45, 7) is 3.48. The molecule has 1 amide bonds. The molecule has 3 rings (SSSR count). The third-order valence-corrected chi connectivity index (χ3v) is 6.27. The van der Waals surface area contributed by atoms with Crippen LogP contribution in [0.4, 0.5) is 0 Å². The lowest BCUT2D eigenvalue weighted by atomic mass is 9.88. The van der Waals surface area contributed by atoms with Crippen molar-refractivity contribution in [3.8, 4) is 0 Å². The first-order valence-electron chi connectivity index (χ1n) is 9.24. The van der Waals surface area contributed by atoms with Gasteiger partial charge in [0.2, 0.25) is 5.91 Å². The van der Waals surface area contributed by atoms with Gasteiger partial charge in [0.1, 0.15) is 5.54 Å². The molecule has 0 aromatic heterocycles. The first-order valence-corrected chi connectivity index (χ1v) is 9.62. The highest BCUT2D eigenvalue weighted by Gasteiger charge is 2.55. The first-order chi connectivity index (χ1) is 12.4. The molecule has 2 saturated heterocycles. The van der Waals surface area contributed by atoms with E-state index in [0.717, 1.165) is 31.5 Å². The Morgan fingerprint density at radius 1 is 1.15 bits per heavy atom. The van der Waals surface area contributed by atoms with Crippen molar-refractivity contribution in [1.82, 2.24) is 9.80 Å². The molecule has 1 aromatic rings. The molecule has 3 atom stereocenters. The van der Waals surface area contributed by atoms with Crippen LogP contribution in [0.2, 0.25) is 5.02 Å². The number of halogens is 1. The lowest BCUT2D eigenvalue weighted by molar-refractivity contribution is -0.152. The SMILES string of the molecule is COC(=O)[C@@]1(C)C[C@@H](C(=O)N2CCCCC2)[C@@H](c2ccc(Cl)cc2)N1C. The minimum Gasteiger partial charge on any atom is -0.468 e. The monoisotopic (exact) mass is 378 g/mol. The van der Waals surface area contributed by atoms with E-state index in [1.807, 2.05) is 48.0 Å². The Bertz CT molecular complexity index is 672. The molecule has 2 heterocycles. The molecular formula is C20H27ClN2O3. The van der Waals surface area contributed by atoms with Gasteiger partial charge in [-0.15, -0.1) is 0 Å². The Kier molecular flexibility index (Phi) is 5.58. The summed E-state index contributed by atoms with van der Waals surface area (Å²) in [5, 5.41) is 0.657. The molecule has 2 fully saturated rings. The van der Waals surface area contributed by atoms with Crippen molar-refractivity contribution in [3.63, 3.8) is 0 Å². The van der Waals surface area contributed by atoms with Gasteiger partial charge in [-0.3, -0.25) is 14.5 Å². The minimum absolute atomic E-state index is 0.143. The molecule has 0 bridgehead atoms. The quantitative estimate of drug-likeness (QED) is 0.757. The molecule has 0 unspecified atom stereocenters. The number of piperidine rings is 1. The molecule has 5 nitrogen and oxygen atoms in total. The number of nitrogens with zero attached hydrogens (tertiary/aromatic N) is 2. The summed E-state index contributed by atoms with van der Waals surface area (Å²) in [4.78, 5) is 29.8. The van der Waals surface area contributed by atoms with E-state index >= 15 is 0 Å². The van der Waals surface area contributed by atoms with E-state index < -0.39 is 5.54 Å². The van der Waals surface area contributed by atoms with Crippen molar-refractivity contribution in [2.75, 3.05) is 27.2 Å². The van der Waals surface area contributed by atoms with Crippen LogP contribution in [-0.4, -0.2) is 54.5 Å². The Labute approximate surface area is 160 Å². The van der Waals surface area contributed by atoms with Gasteiger partial charge in [-0.1, -0.05) is 23.7 Å². The largest absolute Gasteiger partial charge is 0.468 e. The second-order valence-corrected chi connectivity index (χ2v) is 8.01. The van der Waals surface area contributed by atoms with Gasteiger partial charge < -0.3 is 9.64 Å². The highest BCUT2D eigenvalue weighted by molar-refractivity contribution is 6.30. The summed E-state index contributed by atoms with van der Waals surface area (Å²) in [6.07, 6.45) is 3.73. The van der Waals surface area contributed by atoms with Crippen molar-refractivity contribution in [2.45, 2.75) is 44.2 Å². The Morgan fingerprint density at radius 2 is 1.77 bits per heavy atom. The molecule has 1 aromatic carbocycles. The van der Waals surface area contributed by atoms with Crippen LogP contribution in [0.1, 0.15) is 44.2 Å². The zero-order valence-electron chi connectivity index (χ0n) is 15.7. The predicted molar refractivity (Wildman–Crippen MR) is 101 cm³/mol. The van der Waals surface area contributed by atoms with E-state index in [1.54, 1.807) is 0 Å². The molecular weight excluding hydrogens is 352 g/mol. The van der Waals surface area contributed by atoms with Crippen molar-refractivity contribution >= 4 is 23.5 Å². The number of carbonyl (C=O) groups is 2. The first kappa shape index (κ1) is 19.2. The van der Waals surface area contributed by atoms with Crippen LogP contribution < -0.4 is 0 Å². The van der Waals surface area contributed by atoms with Gasteiger partial charge in [-0.05, 0) is 57.4 Å². The van der Waals surface area contributed by atoms with E-state index in [9.17, 15) is 9.59 Å². The van der Waals surface area contributed by atoms with Gasteiger partial charge in [0, 0.05) is 24.2 Å². The van der Waals surface area contributed by atoms with Gasteiger partial charge >= 0.3 is 5.97 Å². The van der Waals surface area contributed by atoms with Crippen LogP contribution in [0.5, 0.6) is 0 Å². The molecule has 142 valence electrons. The van der Waals surface area contributed by atoms with Gasteiger partial charge in [0.05, 0.1) is 13.0 Å². The van der Waals surface area contributed by atoms with Crippen LogP contribution in [0.3, 0.4) is 0 Å². The number of carbonyl (C=O) groups excluding carboxylic acids is 2. The van der Waals surface area contributed by atoms with Crippen LogP contribution >= 0.6 is 11.6 Å². The smallest absolute Gasteiger partial charge is 0.326 e. The Balaban J connectivity index is 1.96. The highest BCUT2D eigenvalue weighted by Crippen LogP contribution is 2.47. The summed E-state index contributed by atoms with van der Waals surface area (Å²) >= 11 is 6.04. The Hall–Kier alpha value is -1.59. The average Bonchev–Trinajstić information content (AvgIpc) is 2.94. The number of likely N-dealkylation sites (tertiary alicyclic amines) is 2. The fraction of sp³-hybridized carbons (Fsp3) is 0.600. The maximum Gasteiger partial charge on any atom is 0.326 e. The molecule has 2 aliphatic rings. The number of methoxy groups -OCH3 is 1. The zero-order valence-corrected chi connectivity index (χ0v) is 16.5. The topological polar surface area (TPSA) is 49.9 Å². The van der Waals surface area contributed by atoms with E-state index in [-0.39, 0.29) is 23.8 Å². The number of hydrogen-bond acceptors (Lipinski definition) is 4. The summed E-state index contributed by atoms with van der Waals surface area (Å²) in [5.41, 5.74) is 0.176. The molecule has 0 radical (unpaired) electrons. The molecule has 0 saturated carbocycles. The number of ether oxygens (including phenoxy) is 1. The summed E-state index contributed by atoms with van der Waals surface area (Å²) in [5.74, 6) is -0.430.